The average Bonchev–Trinajstić information content (AvgIpc) is 2.58. The molecule has 1 aliphatic rings. The summed E-state index contributed by atoms with van der Waals surface area (Å²) in [5.74, 6) is -0.0204. The molecule has 0 unspecified atom stereocenters. The van der Waals surface area contributed by atoms with E-state index in [0.717, 1.165) is 0 Å². The maximum atomic E-state index is 12.9. The quantitative estimate of drug-likeness (QED) is 0.439. The van der Waals surface area contributed by atoms with Crippen molar-refractivity contribution in [3.63, 3.8) is 0 Å². The van der Waals surface area contributed by atoms with Crippen molar-refractivity contribution in [1.29, 1.82) is 0 Å². The molecule has 5 nitrogen and oxygen atoms in total. The van der Waals surface area contributed by atoms with Gasteiger partial charge in [-0.2, -0.15) is 0 Å². The molecule has 2 rings (SSSR count). The van der Waals surface area contributed by atoms with Crippen molar-refractivity contribution in [3.05, 3.63) is 53.1 Å². The fourth-order valence-corrected chi connectivity index (χ4v) is 2.68. The molecule has 27 heavy (non-hydrogen) atoms. The number of hydrogen-bond donors (Lipinski definition) is 0. The normalized spacial score (nSPS) is 15.1. The molecule has 0 saturated heterocycles. The van der Waals surface area contributed by atoms with Crippen LogP contribution < -0.4 is 4.74 Å². The number of hydrogen-bond acceptors (Lipinski definition) is 5. The molecule has 5 heteroatoms. The summed E-state index contributed by atoms with van der Waals surface area (Å²) in [5, 5.41) is 4.00. The number of Topliss-reactive ketones (excluding diaryl/α,β-unsaturated/α-hetero) is 1. The molecule has 0 atom stereocenters. The third-order valence-electron chi connectivity index (χ3n) is 4.23. The largest absolute Gasteiger partial charge is 0.497 e. The summed E-state index contributed by atoms with van der Waals surface area (Å²) in [6.07, 6.45) is 3.38. The Labute approximate surface area is 160 Å². The number of rotatable bonds is 3. The second-order valence-corrected chi connectivity index (χ2v) is 8.57. The standard InChI is InChI=1S/C22H27NO4/c1-21(2,3)17-12-15(13-18(19(17)24)22(4,5)6)23-27-20(25)14-9-8-10-16(11-14)26-7/h8-13H,1-7H3. The Morgan fingerprint density at radius 3 is 2.00 bits per heavy atom. The molecule has 0 aromatic heterocycles. The average molecular weight is 369 g/mol. The van der Waals surface area contributed by atoms with E-state index in [9.17, 15) is 9.59 Å². The lowest BCUT2D eigenvalue weighted by Gasteiger charge is -2.30. The number of methoxy groups -OCH3 is 1. The van der Waals surface area contributed by atoms with Gasteiger partial charge in [-0.15, -0.1) is 0 Å². The van der Waals surface area contributed by atoms with E-state index in [1.54, 1.807) is 36.4 Å². The highest BCUT2D eigenvalue weighted by Crippen LogP contribution is 2.37. The Hall–Kier alpha value is -2.69. The predicted octanol–water partition coefficient (Wildman–Crippen LogP) is 4.74. The van der Waals surface area contributed by atoms with Gasteiger partial charge in [0.1, 0.15) is 11.5 Å². The number of ether oxygens (including phenoxy) is 1. The molecule has 0 spiro atoms. The molecule has 0 heterocycles. The minimum absolute atomic E-state index is 0.00747. The molecule has 0 N–H and O–H groups in total. The second-order valence-electron chi connectivity index (χ2n) is 8.57. The minimum atomic E-state index is -0.588. The summed E-state index contributed by atoms with van der Waals surface area (Å²) < 4.78 is 5.11. The zero-order chi connectivity index (χ0) is 20.4. The first-order valence-electron chi connectivity index (χ1n) is 8.86. The first-order chi connectivity index (χ1) is 12.4. The Morgan fingerprint density at radius 2 is 1.52 bits per heavy atom. The van der Waals surface area contributed by atoms with Crippen molar-refractivity contribution in [2.75, 3.05) is 7.11 Å². The second kappa shape index (κ2) is 7.51. The fourth-order valence-electron chi connectivity index (χ4n) is 2.68. The first-order valence-corrected chi connectivity index (χ1v) is 8.86. The van der Waals surface area contributed by atoms with E-state index < -0.39 is 5.97 Å². The molecule has 1 aliphatic carbocycles. The highest BCUT2D eigenvalue weighted by atomic mass is 16.7. The highest BCUT2D eigenvalue weighted by molar-refractivity contribution is 6.22. The Kier molecular flexibility index (Phi) is 5.73. The van der Waals surface area contributed by atoms with Crippen molar-refractivity contribution >= 4 is 17.5 Å². The van der Waals surface area contributed by atoms with Crippen LogP contribution in [-0.2, 0) is 9.63 Å². The predicted molar refractivity (Wildman–Crippen MR) is 106 cm³/mol. The molecular formula is C22H27NO4. The van der Waals surface area contributed by atoms with Crippen molar-refractivity contribution in [3.8, 4) is 5.75 Å². The van der Waals surface area contributed by atoms with Crippen LogP contribution in [0.1, 0.15) is 51.9 Å². The van der Waals surface area contributed by atoms with E-state index in [4.69, 9.17) is 9.57 Å². The zero-order valence-corrected chi connectivity index (χ0v) is 17.0. The van der Waals surface area contributed by atoms with Gasteiger partial charge in [0.15, 0.2) is 5.78 Å². The number of ketones is 1. The zero-order valence-electron chi connectivity index (χ0n) is 17.0. The Balaban J connectivity index is 2.36. The molecule has 1 aromatic carbocycles. The van der Waals surface area contributed by atoms with Gasteiger partial charge in [-0.3, -0.25) is 4.79 Å². The lowest BCUT2D eigenvalue weighted by atomic mass is 9.72. The number of oxime groups is 1. The van der Waals surface area contributed by atoms with E-state index >= 15 is 0 Å². The lowest BCUT2D eigenvalue weighted by Crippen LogP contribution is -2.29. The van der Waals surface area contributed by atoms with Crippen LogP contribution in [0.2, 0.25) is 0 Å². The van der Waals surface area contributed by atoms with Gasteiger partial charge in [-0.25, -0.2) is 4.79 Å². The van der Waals surface area contributed by atoms with Crippen LogP contribution in [0.25, 0.3) is 0 Å². The van der Waals surface area contributed by atoms with Gasteiger partial charge >= 0.3 is 5.97 Å². The lowest BCUT2D eigenvalue weighted by molar-refractivity contribution is -0.114. The molecule has 0 aliphatic heterocycles. The van der Waals surface area contributed by atoms with Gasteiger partial charge in [0, 0.05) is 11.1 Å². The fraction of sp³-hybridized carbons (Fsp3) is 0.409. The van der Waals surface area contributed by atoms with Gasteiger partial charge < -0.3 is 9.57 Å². The molecule has 1 aromatic rings. The summed E-state index contributed by atoms with van der Waals surface area (Å²) in [6.45, 7) is 11.8. The smallest absolute Gasteiger partial charge is 0.365 e. The highest BCUT2D eigenvalue weighted by Gasteiger charge is 2.34. The Morgan fingerprint density at radius 1 is 0.963 bits per heavy atom. The third kappa shape index (κ3) is 4.94. The maximum absolute atomic E-state index is 12.9. The van der Waals surface area contributed by atoms with Gasteiger partial charge in [-0.1, -0.05) is 52.8 Å². The number of allylic oxidation sites excluding steroid dienone is 4. The number of benzene rings is 1. The van der Waals surface area contributed by atoms with Gasteiger partial charge in [0.2, 0.25) is 0 Å². The number of carbonyl (C=O) groups is 2. The summed E-state index contributed by atoms with van der Waals surface area (Å²) in [7, 11) is 1.53. The molecule has 0 saturated carbocycles. The van der Waals surface area contributed by atoms with Gasteiger partial charge in [0.25, 0.3) is 0 Å². The van der Waals surface area contributed by atoms with Crippen molar-refractivity contribution in [2.45, 2.75) is 41.5 Å². The van der Waals surface area contributed by atoms with E-state index in [2.05, 4.69) is 5.16 Å². The summed E-state index contributed by atoms with van der Waals surface area (Å²) in [4.78, 5) is 30.3. The minimum Gasteiger partial charge on any atom is -0.497 e. The van der Waals surface area contributed by atoms with Crippen LogP contribution in [0.15, 0.2) is 52.7 Å². The van der Waals surface area contributed by atoms with Crippen molar-refractivity contribution < 1.29 is 19.2 Å². The third-order valence-corrected chi connectivity index (χ3v) is 4.23. The number of carbonyl (C=O) groups excluding carboxylic acids is 2. The molecule has 0 fully saturated rings. The molecular weight excluding hydrogens is 342 g/mol. The SMILES string of the molecule is COc1cccc(C(=O)ON=C2C=C(C(C)(C)C)C(=O)C(C(C)(C)C)=C2)c1. The van der Waals surface area contributed by atoms with E-state index in [0.29, 0.717) is 28.2 Å². The van der Waals surface area contributed by atoms with E-state index in [-0.39, 0.29) is 16.6 Å². The summed E-state index contributed by atoms with van der Waals surface area (Å²) >= 11 is 0. The van der Waals surface area contributed by atoms with Crippen LogP contribution in [0, 0.1) is 10.8 Å². The van der Waals surface area contributed by atoms with Crippen LogP contribution in [0.5, 0.6) is 5.75 Å². The summed E-state index contributed by atoms with van der Waals surface area (Å²) in [6, 6.07) is 6.66. The van der Waals surface area contributed by atoms with Gasteiger partial charge in [-0.05, 0) is 41.2 Å². The Bertz CT molecular complexity index is 810. The van der Waals surface area contributed by atoms with E-state index in [1.807, 2.05) is 41.5 Å². The number of nitrogens with zero attached hydrogens (tertiary/aromatic N) is 1. The van der Waals surface area contributed by atoms with Crippen LogP contribution >= 0.6 is 0 Å². The molecule has 144 valence electrons. The first kappa shape index (κ1) is 20.6. The summed E-state index contributed by atoms with van der Waals surface area (Å²) in [5.41, 5.74) is 1.38. The molecule has 0 radical (unpaired) electrons. The van der Waals surface area contributed by atoms with Crippen LogP contribution in [0.3, 0.4) is 0 Å². The molecule has 0 bridgehead atoms. The van der Waals surface area contributed by atoms with Crippen LogP contribution in [0.4, 0.5) is 0 Å². The van der Waals surface area contributed by atoms with Crippen molar-refractivity contribution in [1.82, 2.24) is 0 Å². The van der Waals surface area contributed by atoms with Crippen LogP contribution in [-0.4, -0.2) is 24.6 Å². The molecule has 0 amide bonds. The topological polar surface area (TPSA) is 65.0 Å². The van der Waals surface area contributed by atoms with E-state index in [1.165, 1.54) is 7.11 Å². The van der Waals surface area contributed by atoms with Gasteiger partial charge in [0.05, 0.1) is 12.7 Å². The monoisotopic (exact) mass is 369 g/mol. The maximum Gasteiger partial charge on any atom is 0.365 e. The van der Waals surface area contributed by atoms with Crippen molar-refractivity contribution in [2.24, 2.45) is 16.0 Å².